The van der Waals surface area contributed by atoms with Crippen LogP contribution in [-0.4, -0.2) is 43.3 Å². The van der Waals surface area contributed by atoms with Gasteiger partial charge < -0.3 is 45.0 Å². The van der Waals surface area contributed by atoms with Gasteiger partial charge in [0.1, 0.15) is 17.4 Å². The predicted molar refractivity (Wildman–Crippen MR) is 289 cm³/mol. The number of aromatic nitrogens is 2. The summed E-state index contributed by atoms with van der Waals surface area (Å²) in [5.41, 5.74) is 9.13. The van der Waals surface area contributed by atoms with Crippen molar-refractivity contribution in [1.29, 1.82) is 0 Å². The molecule has 0 N–H and O–H groups in total. The zero-order chi connectivity index (χ0) is 48.0. The fourth-order valence-corrected chi connectivity index (χ4v) is 7.65. The number of nitrogens with zero attached hydrogens (tertiary/aromatic N) is 10. The van der Waals surface area contributed by atoms with E-state index in [0.29, 0.717) is 0 Å². The van der Waals surface area contributed by atoms with Crippen molar-refractivity contribution in [2.24, 2.45) is 9.98 Å². The van der Waals surface area contributed by atoms with Crippen LogP contribution in [-0.2, 0) is 48.6 Å². The molecule has 13 heteroatoms. The van der Waals surface area contributed by atoms with Crippen LogP contribution in [0, 0.1) is 25.5 Å². The first-order valence-electron chi connectivity index (χ1n) is 23.5. The molecule has 0 saturated heterocycles. The molecule has 10 rings (SSSR count). The van der Waals surface area contributed by atoms with Crippen LogP contribution in [0.5, 0.6) is 5.75 Å². The van der Waals surface area contributed by atoms with Crippen molar-refractivity contribution < 1.29 is 46.9 Å². The maximum Gasteiger partial charge on any atom is 0.124 e. The van der Waals surface area contributed by atoms with Crippen molar-refractivity contribution >= 4 is 69.8 Å². The van der Waals surface area contributed by atoms with E-state index in [2.05, 4.69) is 82.9 Å². The summed E-state index contributed by atoms with van der Waals surface area (Å²) in [7, 11) is 4.03. The average Bonchev–Trinajstić information content (AvgIpc) is 3.94. The van der Waals surface area contributed by atoms with Gasteiger partial charge in [-0.1, -0.05) is 129 Å². The monoisotopic (exact) mass is 1310 g/mol. The molecule has 0 unspecified atom stereocenters. The molecule has 2 aliphatic rings. The van der Waals surface area contributed by atoms with E-state index in [0.717, 1.165) is 82.3 Å². The molecule has 0 fully saturated rings. The molecule has 0 atom stereocenters. The van der Waals surface area contributed by atoms with Gasteiger partial charge in [0.25, 0.3) is 0 Å². The van der Waals surface area contributed by atoms with Gasteiger partial charge in [-0.2, -0.15) is 74.0 Å². The van der Waals surface area contributed by atoms with E-state index in [9.17, 15) is 0 Å². The maximum atomic E-state index is 5.94. The Morgan fingerprint density at radius 1 is 0.528 bits per heavy atom. The Bertz CT molecular complexity index is 2660. The number of anilines is 6. The first-order chi connectivity index (χ1) is 34.6. The van der Waals surface area contributed by atoms with Crippen LogP contribution in [0.15, 0.2) is 204 Å². The Kier molecular flexibility index (Phi) is 22.1. The SMILES string of the molecule is C(=Nc1ccccc1)[N-]c1cccc(CCCCCCCOc2cccc([N-]C=Nc3ccccc3)c2)c1.CN1[CH-]N(c2[c-]cccc2)c2ncccc21.CN1[CH-]N(c2[c-]cccc2)c2ncccc21.[Pt].[Pt]. The van der Waals surface area contributed by atoms with E-state index < -0.39 is 0 Å². The fraction of sp³-hybridized carbons (Fsp3) is 0.153. The molecular formula is C59H56N10OPt2-6. The van der Waals surface area contributed by atoms with Crippen LogP contribution in [0.2, 0.25) is 0 Å². The van der Waals surface area contributed by atoms with Crippen molar-refractivity contribution in [1.82, 2.24) is 9.97 Å². The van der Waals surface area contributed by atoms with Gasteiger partial charge in [-0.25, -0.2) is 9.97 Å². The summed E-state index contributed by atoms with van der Waals surface area (Å²) in [5, 5.41) is 8.89. The third kappa shape index (κ3) is 16.2. The van der Waals surface area contributed by atoms with Crippen LogP contribution in [0.3, 0.4) is 0 Å². The summed E-state index contributed by atoms with van der Waals surface area (Å²) in [6.07, 6.45) is 13.7. The van der Waals surface area contributed by atoms with Crippen LogP contribution in [0.25, 0.3) is 10.6 Å². The standard InChI is InChI=1S/C33H34N4O.2C13H11N3.2Pt/c1(2-6-14-28-15-12-20-31(24-28)36-26-34-29-16-7-4-8-17-29)3-11-23-38-33-22-13-21-32(25-33)37-27-35-30-18-9-5-10-19-30;2*1-15-10-16(11-6-3-2-4-7-11)13-12(15)8-5-9-14-13;;/h4-5,7-10,12-13,15-22,24-27H,1-3,6,11,14,23H2;2*2-6,8-10H,1H3;;/q3*-2;;. The molecule has 8 aromatic rings. The van der Waals surface area contributed by atoms with Crippen LogP contribution >= 0.6 is 0 Å². The van der Waals surface area contributed by atoms with Crippen molar-refractivity contribution in [3.05, 3.63) is 236 Å². The Morgan fingerprint density at radius 3 is 1.57 bits per heavy atom. The number of aliphatic imine (C=N–C) groups is 2. The zero-order valence-electron chi connectivity index (χ0n) is 40.2. The van der Waals surface area contributed by atoms with E-state index in [4.69, 9.17) is 4.74 Å². The Labute approximate surface area is 454 Å². The third-order valence-electron chi connectivity index (χ3n) is 11.2. The van der Waals surface area contributed by atoms with Crippen LogP contribution < -0.4 is 24.3 Å². The molecule has 2 aliphatic heterocycles. The molecule has 0 bridgehead atoms. The van der Waals surface area contributed by atoms with E-state index in [1.165, 1.54) is 31.2 Å². The number of pyridine rings is 2. The summed E-state index contributed by atoms with van der Waals surface area (Å²) in [5.74, 6) is 2.75. The molecule has 6 aromatic carbocycles. The van der Waals surface area contributed by atoms with Gasteiger partial charge in [0.15, 0.2) is 0 Å². The average molecular weight is 1310 g/mol. The topological polar surface area (TPSA) is 101 Å². The Morgan fingerprint density at radius 2 is 1.03 bits per heavy atom. The number of hydrogen-bond acceptors (Lipinski definition) is 9. The van der Waals surface area contributed by atoms with E-state index in [1.54, 1.807) is 12.7 Å². The van der Waals surface area contributed by atoms with Crippen molar-refractivity contribution in [3.8, 4) is 5.75 Å². The predicted octanol–water partition coefficient (Wildman–Crippen LogP) is 15.2. The molecule has 72 heavy (non-hydrogen) atoms. The zero-order valence-corrected chi connectivity index (χ0v) is 44.8. The third-order valence-corrected chi connectivity index (χ3v) is 11.2. The van der Waals surface area contributed by atoms with Gasteiger partial charge in [0.05, 0.1) is 6.61 Å². The molecule has 0 amide bonds. The summed E-state index contributed by atoms with van der Waals surface area (Å²) < 4.78 is 5.94. The van der Waals surface area contributed by atoms with Gasteiger partial charge in [0, 0.05) is 65.9 Å². The number of para-hydroxylation sites is 4. The molecule has 11 nitrogen and oxygen atoms in total. The largest absolute Gasteiger partial charge is 0.502 e. The van der Waals surface area contributed by atoms with Crippen molar-refractivity contribution in [3.63, 3.8) is 0 Å². The minimum Gasteiger partial charge on any atom is -0.502 e. The second-order valence-electron chi connectivity index (χ2n) is 16.3. The molecule has 0 saturated carbocycles. The minimum absolute atomic E-state index is 0. The number of fused-ring (bicyclic) bond motifs is 2. The second-order valence-corrected chi connectivity index (χ2v) is 16.3. The first kappa shape index (κ1) is 54.3. The van der Waals surface area contributed by atoms with Crippen molar-refractivity contribution in [2.75, 3.05) is 40.3 Å². The van der Waals surface area contributed by atoms with E-state index >= 15 is 0 Å². The van der Waals surface area contributed by atoms with E-state index in [1.807, 2.05) is 201 Å². The smallest absolute Gasteiger partial charge is 0.124 e. The molecule has 374 valence electrons. The Balaban J connectivity index is 0.000000203. The number of hydrogen-bond donors (Lipinski definition) is 0. The quantitative estimate of drug-likeness (QED) is 0.0387. The van der Waals surface area contributed by atoms with Crippen molar-refractivity contribution in [2.45, 2.75) is 38.5 Å². The van der Waals surface area contributed by atoms with Gasteiger partial charge in [-0.3, -0.25) is 0 Å². The number of rotatable bonds is 17. The van der Waals surface area contributed by atoms with Gasteiger partial charge >= 0.3 is 0 Å². The maximum absolute atomic E-state index is 5.94. The number of unbranched alkanes of at least 4 members (excludes halogenated alkanes) is 4. The minimum atomic E-state index is 0. The molecular weight excluding hydrogens is 1250 g/mol. The number of benzene rings is 6. The van der Waals surface area contributed by atoms with Crippen LogP contribution in [0.4, 0.5) is 57.1 Å². The van der Waals surface area contributed by atoms with Crippen LogP contribution in [0.1, 0.15) is 37.7 Å². The normalized spacial score (nSPS) is 12.1. The summed E-state index contributed by atoms with van der Waals surface area (Å²) in [6, 6.07) is 66.1. The molecule has 0 aliphatic carbocycles. The molecule has 2 aromatic heterocycles. The second kappa shape index (κ2) is 29.3. The number of ether oxygens (including phenoxy) is 1. The summed E-state index contributed by atoms with van der Waals surface area (Å²) >= 11 is 0. The molecule has 0 radical (unpaired) electrons. The molecule has 4 heterocycles. The van der Waals surface area contributed by atoms with Gasteiger partial charge in [-0.15, -0.1) is 11.4 Å². The van der Waals surface area contributed by atoms with Gasteiger partial charge in [-0.05, 0) is 98.1 Å². The first-order valence-corrected chi connectivity index (χ1v) is 23.5. The Hall–Kier alpha value is -7.06. The fourth-order valence-electron chi connectivity index (χ4n) is 7.65. The molecule has 0 spiro atoms. The van der Waals surface area contributed by atoms with Gasteiger partial charge in [0.2, 0.25) is 0 Å². The van der Waals surface area contributed by atoms with E-state index in [-0.39, 0.29) is 42.1 Å². The summed E-state index contributed by atoms with van der Waals surface area (Å²) in [6.45, 7) is 4.75. The summed E-state index contributed by atoms with van der Waals surface area (Å²) in [4.78, 5) is 25.7. The number of aryl methyl sites for hydroxylation is 1.